The molecule has 0 fully saturated rings. The Bertz CT molecular complexity index is 274. The van der Waals surface area contributed by atoms with E-state index in [2.05, 4.69) is 6.92 Å². The van der Waals surface area contributed by atoms with E-state index < -0.39 is 0 Å². The van der Waals surface area contributed by atoms with Crippen molar-refractivity contribution in [3.8, 4) is 0 Å². The van der Waals surface area contributed by atoms with Crippen LogP contribution in [-0.2, 0) is 19.1 Å². The van der Waals surface area contributed by atoms with Crippen LogP contribution in [0, 0.1) is 11.8 Å². The third kappa shape index (κ3) is 9.82. The van der Waals surface area contributed by atoms with Crippen molar-refractivity contribution in [3.63, 3.8) is 0 Å². The van der Waals surface area contributed by atoms with E-state index in [-0.39, 0.29) is 24.3 Å². The highest BCUT2D eigenvalue weighted by molar-refractivity contribution is 5.79. The van der Waals surface area contributed by atoms with E-state index >= 15 is 0 Å². The van der Waals surface area contributed by atoms with Gasteiger partial charge in [-0.3, -0.25) is 9.59 Å². The van der Waals surface area contributed by atoms with Crippen LogP contribution in [0.5, 0.6) is 0 Å². The van der Waals surface area contributed by atoms with Crippen LogP contribution in [0.1, 0.15) is 66.2 Å². The number of hydrogen-bond acceptors (Lipinski definition) is 4. The van der Waals surface area contributed by atoms with E-state index in [1.807, 2.05) is 13.8 Å². The van der Waals surface area contributed by atoms with Gasteiger partial charge in [-0.25, -0.2) is 0 Å². The summed E-state index contributed by atoms with van der Waals surface area (Å²) in [6.45, 7) is 8.66. The molecule has 4 nitrogen and oxygen atoms in total. The standard InChI is InChI=1S/C16H30O4/c1-5-7-8-9-10-14(16(18)19-6-2)11-15(17)20-12-13(3)4/h13-14H,5-12H2,1-4H3. The molecule has 0 saturated carbocycles. The van der Waals surface area contributed by atoms with Gasteiger partial charge in [0, 0.05) is 0 Å². The minimum atomic E-state index is -0.355. The van der Waals surface area contributed by atoms with Crippen LogP contribution in [0.25, 0.3) is 0 Å². The maximum atomic E-state index is 11.9. The highest BCUT2D eigenvalue weighted by Crippen LogP contribution is 2.17. The molecule has 1 unspecified atom stereocenters. The van der Waals surface area contributed by atoms with Crippen molar-refractivity contribution in [2.75, 3.05) is 13.2 Å². The van der Waals surface area contributed by atoms with Crippen LogP contribution in [0.4, 0.5) is 0 Å². The maximum absolute atomic E-state index is 11.9. The summed E-state index contributed by atoms with van der Waals surface area (Å²) in [5.74, 6) is -0.617. The van der Waals surface area contributed by atoms with E-state index in [4.69, 9.17) is 9.47 Å². The van der Waals surface area contributed by atoms with Gasteiger partial charge in [-0.1, -0.05) is 46.5 Å². The summed E-state index contributed by atoms with van der Waals surface area (Å²) in [6.07, 6.45) is 5.20. The van der Waals surface area contributed by atoms with Crippen LogP contribution in [-0.4, -0.2) is 25.2 Å². The highest BCUT2D eigenvalue weighted by Gasteiger charge is 2.23. The van der Waals surface area contributed by atoms with Crippen LogP contribution < -0.4 is 0 Å². The molecule has 0 aliphatic heterocycles. The van der Waals surface area contributed by atoms with Crippen molar-refractivity contribution in [3.05, 3.63) is 0 Å². The first kappa shape index (κ1) is 18.9. The molecule has 0 radical (unpaired) electrons. The Morgan fingerprint density at radius 1 is 1.00 bits per heavy atom. The zero-order chi connectivity index (χ0) is 15.4. The molecule has 0 spiro atoms. The van der Waals surface area contributed by atoms with Crippen LogP contribution >= 0.6 is 0 Å². The highest BCUT2D eigenvalue weighted by atomic mass is 16.5. The molecule has 20 heavy (non-hydrogen) atoms. The van der Waals surface area contributed by atoms with Crippen molar-refractivity contribution in [2.24, 2.45) is 11.8 Å². The zero-order valence-electron chi connectivity index (χ0n) is 13.4. The van der Waals surface area contributed by atoms with Crippen LogP contribution in [0.15, 0.2) is 0 Å². The van der Waals surface area contributed by atoms with Crippen LogP contribution in [0.3, 0.4) is 0 Å². The van der Waals surface area contributed by atoms with Gasteiger partial charge in [-0.15, -0.1) is 0 Å². The summed E-state index contributed by atoms with van der Waals surface area (Å²) in [7, 11) is 0. The molecule has 0 aromatic heterocycles. The molecule has 0 aromatic rings. The van der Waals surface area contributed by atoms with Gasteiger partial charge in [-0.2, -0.15) is 0 Å². The molecule has 118 valence electrons. The first-order chi connectivity index (χ1) is 9.51. The fraction of sp³-hybridized carbons (Fsp3) is 0.875. The van der Waals surface area contributed by atoms with E-state index in [1.54, 1.807) is 6.92 Å². The smallest absolute Gasteiger partial charge is 0.309 e. The fourth-order valence-corrected chi connectivity index (χ4v) is 1.90. The normalized spacial score (nSPS) is 12.2. The van der Waals surface area contributed by atoms with Crippen molar-refractivity contribution >= 4 is 11.9 Å². The molecular weight excluding hydrogens is 256 g/mol. The SMILES string of the molecule is CCCCCCC(CC(=O)OCC(C)C)C(=O)OCC. The van der Waals surface area contributed by atoms with E-state index in [9.17, 15) is 9.59 Å². The van der Waals surface area contributed by atoms with Crippen molar-refractivity contribution < 1.29 is 19.1 Å². The second-order valence-electron chi connectivity index (χ2n) is 5.58. The van der Waals surface area contributed by atoms with Gasteiger partial charge < -0.3 is 9.47 Å². The van der Waals surface area contributed by atoms with Gasteiger partial charge in [0.1, 0.15) is 0 Å². The van der Waals surface area contributed by atoms with E-state index in [0.29, 0.717) is 25.6 Å². The number of carbonyl (C=O) groups excluding carboxylic acids is 2. The predicted octanol–water partition coefficient (Wildman–Crippen LogP) is 3.73. The number of hydrogen-bond donors (Lipinski definition) is 0. The zero-order valence-corrected chi connectivity index (χ0v) is 13.4. The van der Waals surface area contributed by atoms with Gasteiger partial charge in [-0.05, 0) is 19.3 Å². The molecule has 0 N–H and O–H groups in total. The lowest BCUT2D eigenvalue weighted by atomic mass is 9.97. The largest absolute Gasteiger partial charge is 0.466 e. The van der Waals surface area contributed by atoms with Gasteiger partial charge in [0.25, 0.3) is 0 Å². The van der Waals surface area contributed by atoms with Gasteiger partial charge >= 0.3 is 11.9 Å². The summed E-state index contributed by atoms with van der Waals surface area (Å²) in [4.78, 5) is 23.6. The predicted molar refractivity (Wildman–Crippen MR) is 79.3 cm³/mol. The Balaban J connectivity index is 4.22. The molecular formula is C16H30O4. The Labute approximate surface area is 123 Å². The van der Waals surface area contributed by atoms with E-state index in [1.165, 1.54) is 0 Å². The number of rotatable bonds is 11. The summed E-state index contributed by atoms with van der Waals surface area (Å²) in [5, 5.41) is 0. The molecule has 4 heteroatoms. The van der Waals surface area contributed by atoms with Crippen molar-refractivity contribution in [1.82, 2.24) is 0 Å². The third-order valence-electron chi connectivity index (χ3n) is 3.02. The van der Waals surface area contributed by atoms with Crippen molar-refractivity contribution in [1.29, 1.82) is 0 Å². The third-order valence-corrected chi connectivity index (χ3v) is 3.02. The quantitative estimate of drug-likeness (QED) is 0.429. The van der Waals surface area contributed by atoms with E-state index in [0.717, 1.165) is 25.7 Å². The summed E-state index contributed by atoms with van der Waals surface area (Å²) in [5.41, 5.74) is 0. The Morgan fingerprint density at radius 3 is 2.25 bits per heavy atom. The molecule has 0 aliphatic carbocycles. The van der Waals surface area contributed by atoms with Crippen LogP contribution in [0.2, 0.25) is 0 Å². The van der Waals surface area contributed by atoms with Gasteiger partial charge in [0.05, 0.1) is 25.6 Å². The first-order valence-electron chi connectivity index (χ1n) is 7.83. The average Bonchev–Trinajstić information content (AvgIpc) is 2.40. The molecule has 0 amide bonds. The molecule has 0 saturated heterocycles. The first-order valence-corrected chi connectivity index (χ1v) is 7.83. The summed E-state index contributed by atoms with van der Waals surface area (Å²) >= 11 is 0. The lowest BCUT2D eigenvalue weighted by molar-refractivity contribution is -0.155. The van der Waals surface area contributed by atoms with Crippen molar-refractivity contribution in [2.45, 2.75) is 66.2 Å². The number of esters is 2. The molecule has 0 heterocycles. The number of unbranched alkanes of at least 4 members (excludes halogenated alkanes) is 3. The molecule has 0 aromatic carbocycles. The van der Waals surface area contributed by atoms with Gasteiger partial charge in [0.2, 0.25) is 0 Å². The molecule has 0 rings (SSSR count). The monoisotopic (exact) mass is 286 g/mol. The Morgan fingerprint density at radius 2 is 1.70 bits per heavy atom. The van der Waals surface area contributed by atoms with Gasteiger partial charge in [0.15, 0.2) is 0 Å². The minimum Gasteiger partial charge on any atom is -0.466 e. The Kier molecular flexibility index (Phi) is 11.1. The summed E-state index contributed by atoms with van der Waals surface area (Å²) < 4.78 is 10.2. The lowest BCUT2D eigenvalue weighted by Crippen LogP contribution is -2.23. The summed E-state index contributed by atoms with van der Waals surface area (Å²) in [6, 6.07) is 0. The fourth-order valence-electron chi connectivity index (χ4n) is 1.90. The number of carbonyl (C=O) groups is 2. The second kappa shape index (κ2) is 11.7. The molecule has 0 aliphatic rings. The lowest BCUT2D eigenvalue weighted by Gasteiger charge is -2.15. The maximum Gasteiger partial charge on any atom is 0.309 e. The topological polar surface area (TPSA) is 52.6 Å². The molecule has 1 atom stereocenters. The number of ether oxygens (including phenoxy) is 2. The second-order valence-corrected chi connectivity index (χ2v) is 5.58. The minimum absolute atomic E-state index is 0.137. The average molecular weight is 286 g/mol. The molecule has 0 bridgehead atoms. The Hall–Kier alpha value is -1.06.